The third-order valence-corrected chi connectivity index (χ3v) is 4.86. The summed E-state index contributed by atoms with van der Waals surface area (Å²) >= 11 is 0. The van der Waals surface area contributed by atoms with Crippen molar-refractivity contribution in [2.24, 2.45) is 11.8 Å². The van der Waals surface area contributed by atoms with Gasteiger partial charge in [-0.3, -0.25) is 0 Å². The first-order valence-electron chi connectivity index (χ1n) is 6.96. The number of hydrogen-bond donors (Lipinski definition) is 3. The third-order valence-electron chi connectivity index (χ3n) is 4.86. The maximum atomic E-state index is 10.4. The van der Waals surface area contributed by atoms with Crippen molar-refractivity contribution in [3.63, 3.8) is 0 Å². The van der Waals surface area contributed by atoms with E-state index in [2.05, 4.69) is 15.0 Å². The van der Waals surface area contributed by atoms with Gasteiger partial charge in [-0.15, -0.1) is 0 Å². The summed E-state index contributed by atoms with van der Waals surface area (Å²) in [6.45, 7) is 0. The average Bonchev–Trinajstić information content (AvgIpc) is 3.06. The number of aliphatic hydroxyl groups excluding tert-OH is 2. The minimum atomic E-state index is -0.478. The Hall–Kier alpha value is -1.73. The normalized spacial score (nSPS) is 36.6. The number of imidazole rings is 1. The molecule has 2 saturated carbocycles. The predicted molar refractivity (Wildman–Crippen MR) is 71.6 cm³/mol. The molecule has 4 rings (SSSR count). The van der Waals surface area contributed by atoms with Gasteiger partial charge >= 0.3 is 0 Å². The summed E-state index contributed by atoms with van der Waals surface area (Å²) in [5.74, 6) is 0.782. The fraction of sp³-hybridized carbons (Fsp3) is 0.615. The second-order valence-electron chi connectivity index (χ2n) is 5.86. The lowest BCUT2D eigenvalue weighted by atomic mass is 9.95. The molecule has 5 atom stereocenters. The van der Waals surface area contributed by atoms with Crippen LogP contribution in [0, 0.1) is 11.8 Å². The highest BCUT2D eigenvalue weighted by atomic mass is 16.3. The molecule has 106 valence electrons. The summed E-state index contributed by atoms with van der Waals surface area (Å²) in [6.07, 6.45) is 4.72. The van der Waals surface area contributed by atoms with E-state index < -0.39 is 6.10 Å². The predicted octanol–water partition coefficient (Wildman–Crippen LogP) is 0.101. The van der Waals surface area contributed by atoms with E-state index in [4.69, 9.17) is 5.73 Å². The molecule has 0 aromatic carbocycles. The Bertz CT molecular complexity index is 657. The summed E-state index contributed by atoms with van der Waals surface area (Å²) in [5, 5.41) is 20.6. The standard InChI is InChI=1S/C13H17N5O2/c14-12-10-13(16-4-15-12)18(5-17-10)11-8(20)3-6-1-2-7(19)9(6)11/h4-9,11,19-20H,1-3H2,(H2,14,15,16). The van der Waals surface area contributed by atoms with Gasteiger partial charge < -0.3 is 20.5 Å². The van der Waals surface area contributed by atoms with Crippen LogP contribution in [0.15, 0.2) is 12.7 Å². The maximum absolute atomic E-state index is 10.4. The number of hydrogen-bond acceptors (Lipinski definition) is 6. The van der Waals surface area contributed by atoms with Gasteiger partial charge in [0, 0.05) is 5.92 Å². The van der Waals surface area contributed by atoms with Crippen molar-refractivity contribution in [3.05, 3.63) is 12.7 Å². The molecule has 2 aromatic rings. The molecule has 2 aliphatic carbocycles. The molecule has 0 spiro atoms. The van der Waals surface area contributed by atoms with Crippen molar-refractivity contribution in [3.8, 4) is 0 Å². The minimum Gasteiger partial charge on any atom is -0.393 e. The van der Waals surface area contributed by atoms with E-state index >= 15 is 0 Å². The highest BCUT2D eigenvalue weighted by molar-refractivity contribution is 5.81. The number of fused-ring (bicyclic) bond motifs is 2. The molecule has 0 saturated heterocycles. The number of aliphatic hydroxyl groups is 2. The summed E-state index contributed by atoms with van der Waals surface area (Å²) in [4.78, 5) is 12.4. The molecule has 2 aromatic heterocycles. The van der Waals surface area contributed by atoms with E-state index in [9.17, 15) is 10.2 Å². The molecule has 4 N–H and O–H groups in total. The molecule has 0 aliphatic heterocycles. The monoisotopic (exact) mass is 275 g/mol. The molecule has 0 radical (unpaired) electrons. The van der Waals surface area contributed by atoms with Gasteiger partial charge in [0.15, 0.2) is 11.5 Å². The molecule has 0 bridgehead atoms. The van der Waals surface area contributed by atoms with Crippen LogP contribution in [0.25, 0.3) is 11.2 Å². The minimum absolute atomic E-state index is 0.0681. The lowest BCUT2D eigenvalue weighted by Gasteiger charge is -2.25. The first-order chi connectivity index (χ1) is 9.66. The van der Waals surface area contributed by atoms with Crippen LogP contribution in [-0.2, 0) is 0 Å². The molecule has 7 heteroatoms. The van der Waals surface area contributed by atoms with Gasteiger partial charge in [-0.2, -0.15) is 0 Å². The van der Waals surface area contributed by atoms with Crippen LogP contribution in [0.4, 0.5) is 5.82 Å². The van der Waals surface area contributed by atoms with Gasteiger partial charge in [0.1, 0.15) is 11.8 Å². The van der Waals surface area contributed by atoms with Crippen LogP contribution in [0.3, 0.4) is 0 Å². The van der Waals surface area contributed by atoms with Crippen molar-refractivity contribution in [1.29, 1.82) is 0 Å². The van der Waals surface area contributed by atoms with E-state index in [1.54, 1.807) is 6.33 Å². The molecule has 5 unspecified atom stereocenters. The lowest BCUT2D eigenvalue weighted by molar-refractivity contribution is 0.0645. The summed E-state index contributed by atoms with van der Waals surface area (Å²) in [5.41, 5.74) is 6.98. The fourth-order valence-corrected chi connectivity index (χ4v) is 4.03. The number of anilines is 1. The highest BCUT2D eigenvalue weighted by Gasteiger charge is 2.50. The fourth-order valence-electron chi connectivity index (χ4n) is 4.03. The largest absolute Gasteiger partial charge is 0.393 e. The van der Waals surface area contributed by atoms with Gasteiger partial charge in [0.2, 0.25) is 0 Å². The average molecular weight is 275 g/mol. The van der Waals surface area contributed by atoms with Crippen molar-refractivity contribution in [1.82, 2.24) is 19.5 Å². The highest BCUT2D eigenvalue weighted by Crippen LogP contribution is 2.50. The number of nitrogens with zero attached hydrogens (tertiary/aromatic N) is 4. The zero-order valence-electron chi connectivity index (χ0n) is 10.9. The first-order valence-corrected chi connectivity index (χ1v) is 6.96. The summed E-state index contributed by atoms with van der Waals surface area (Å²) < 4.78 is 1.86. The van der Waals surface area contributed by atoms with Crippen LogP contribution in [0.5, 0.6) is 0 Å². The van der Waals surface area contributed by atoms with Crippen molar-refractivity contribution in [2.75, 3.05) is 5.73 Å². The second kappa shape index (κ2) is 4.13. The zero-order valence-corrected chi connectivity index (χ0v) is 10.9. The molecular formula is C13H17N5O2. The summed E-state index contributed by atoms with van der Waals surface area (Å²) in [7, 11) is 0. The van der Waals surface area contributed by atoms with Gasteiger partial charge in [-0.1, -0.05) is 0 Å². The van der Waals surface area contributed by atoms with Crippen LogP contribution in [-0.4, -0.2) is 41.9 Å². The quantitative estimate of drug-likeness (QED) is 0.681. The number of nitrogens with two attached hydrogens (primary N) is 1. The lowest BCUT2D eigenvalue weighted by Crippen LogP contribution is -2.29. The molecular weight excluding hydrogens is 258 g/mol. The Labute approximate surface area is 115 Å². The van der Waals surface area contributed by atoms with Gasteiger partial charge in [0.25, 0.3) is 0 Å². The molecule has 2 fully saturated rings. The van der Waals surface area contributed by atoms with Crippen LogP contribution in [0.2, 0.25) is 0 Å². The van der Waals surface area contributed by atoms with E-state index in [-0.39, 0.29) is 18.1 Å². The molecule has 20 heavy (non-hydrogen) atoms. The summed E-state index contributed by atoms with van der Waals surface area (Å²) in [6, 6.07) is -0.184. The Balaban J connectivity index is 1.84. The van der Waals surface area contributed by atoms with E-state index in [1.165, 1.54) is 6.33 Å². The van der Waals surface area contributed by atoms with Gasteiger partial charge in [-0.25, -0.2) is 15.0 Å². The van der Waals surface area contributed by atoms with Gasteiger partial charge in [0.05, 0.1) is 24.6 Å². The number of rotatable bonds is 1. The Kier molecular flexibility index (Phi) is 2.49. The molecule has 2 aliphatic rings. The van der Waals surface area contributed by atoms with Crippen molar-refractivity contribution < 1.29 is 10.2 Å². The number of nitrogen functional groups attached to an aromatic ring is 1. The van der Waals surface area contributed by atoms with E-state index in [0.29, 0.717) is 22.9 Å². The topological polar surface area (TPSA) is 110 Å². The SMILES string of the molecule is Nc1ncnc2c1ncn2C1C(O)CC2CCC(O)C21. The zero-order chi connectivity index (χ0) is 13.9. The molecule has 2 heterocycles. The Morgan fingerprint density at radius 2 is 2.00 bits per heavy atom. The number of aromatic nitrogens is 4. The maximum Gasteiger partial charge on any atom is 0.165 e. The van der Waals surface area contributed by atoms with E-state index in [0.717, 1.165) is 19.3 Å². The Morgan fingerprint density at radius 1 is 1.15 bits per heavy atom. The second-order valence-corrected chi connectivity index (χ2v) is 5.86. The Morgan fingerprint density at radius 3 is 2.85 bits per heavy atom. The molecule has 0 amide bonds. The van der Waals surface area contributed by atoms with Crippen LogP contribution >= 0.6 is 0 Å². The van der Waals surface area contributed by atoms with Crippen LogP contribution < -0.4 is 5.73 Å². The van der Waals surface area contributed by atoms with Crippen molar-refractivity contribution >= 4 is 17.0 Å². The van der Waals surface area contributed by atoms with Gasteiger partial charge in [-0.05, 0) is 25.2 Å². The van der Waals surface area contributed by atoms with E-state index in [1.807, 2.05) is 4.57 Å². The third kappa shape index (κ3) is 1.50. The molecule has 7 nitrogen and oxygen atoms in total. The first kappa shape index (κ1) is 12.0. The van der Waals surface area contributed by atoms with Crippen molar-refractivity contribution in [2.45, 2.75) is 37.5 Å². The van der Waals surface area contributed by atoms with Crippen LogP contribution in [0.1, 0.15) is 25.3 Å². The smallest absolute Gasteiger partial charge is 0.165 e.